The average molecular weight is 324 g/mol. The molecule has 0 atom stereocenters. The number of aryl methyl sites for hydroxylation is 1. The smallest absolute Gasteiger partial charge is 0.124 e. The number of hydrogen-bond donors (Lipinski definition) is 1. The number of methoxy groups -OCH3 is 1. The van der Waals surface area contributed by atoms with Gasteiger partial charge in [-0.2, -0.15) is 0 Å². The van der Waals surface area contributed by atoms with Crippen LogP contribution in [0.4, 0.5) is 5.69 Å². The van der Waals surface area contributed by atoms with E-state index in [2.05, 4.69) is 9.98 Å². The first-order valence-corrected chi connectivity index (χ1v) is 7.97. The quantitative estimate of drug-likeness (QED) is 0.715. The van der Waals surface area contributed by atoms with Crippen LogP contribution < -0.4 is 4.74 Å². The second-order valence-corrected chi connectivity index (χ2v) is 6.05. The minimum absolute atomic E-state index is 0.167. The van der Waals surface area contributed by atoms with E-state index in [1.807, 2.05) is 36.6 Å². The zero-order valence-electron chi connectivity index (χ0n) is 12.9. The SMILES string of the molecule is COc1ccc(O)c(C=Nc2cccc(-c3csc(C)n3)c2)c1. The van der Waals surface area contributed by atoms with Gasteiger partial charge in [-0.25, -0.2) is 4.98 Å². The van der Waals surface area contributed by atoms with Crippen LogP contribution in [-0.4, -0.2) is 23.4 Å². The Labute approximate surface area is 138 Å². The van der Waals surface area contributed by atoms with Gasteiger partial charge in [0.15, 0.2) is 0 Å². The molecule has 1 heterocycles. The molecular formula is C18H16N2O2S. The summed E-state index contributed by atoms with van der Waals surface area (Å²) >= 11 is 1.62. The molecule has 116 valence electrons. The molecule has 1 aromatic heterocycles. The van der Waals surface area contributed by atoms with E-state index in [-0.39, 0.29) is 5.75 Å². The van der Waals surface area contributed by atoms with Crippen molar-refractivity contribution < 1.29 is 9.84 Å². The summed E-state index contributed by atoms with van der Waals surface area (Å²) in [5.74, 6) is 0.844. The Bertz CT molecular complexity index is 856. The summed E-state index contributed by atoms with van der Waals surface area (Å²) in [4.78, 5) is 8.93. The molecule has 0 aliphatic heterocycles. The number of phenols is 1. The van der Waals surface area contributed by atoms with E-state index < -0.39 is 0 Å². The van der Waals surface area contributed by atoms with Crippen molar-refractivity contribution in [2.75, 3.05) is 7.11 Å². The van der Waals surface area contributed by atoms with Gasteiger partial charge in [0, 0.05) is 22.7 Å². The van der Waals surface area contributed by atoms with Crippen LogP contribution in [-0.2, 0) is 0 Å². The monoisotopic (exact) mass is 324 g/mol. The number of rotatable bonds is 4. The van der Waals surface area contributed by atoms with Crippen LogP contribution >= 0.6 is 11.3 Å². The van der Waals surface area contributed by atoms with Gasteiger partial charge in [-0.05, 0) is 37.3 Å². The largest absolute Gasteiger partial charge is 0.507 e. The lowest BCUT2D eigenvalue weighted by Crippen LogP contribution is -1.87. The maximum Gasteiger partial charge on any atom is 0.124 e. The van der Waals surface area contributed by atoms with Crippen molar-refractivity contribution >= 4 is 23.2 Å². The molecule has 0 saturated heterocycles. The molecule has 0 bridgehead atoms. The van der Waals surface area contributed by atoms with Gasteiger partial charge in [0.1, 0.15) is 11.5 Å². The zero-order chi connectivity index (χ0) is 16.2. The van der Waals surface area contributed by atoms with Crippen LogP contribution in [0.2, 0.25) is 0 Å². The lowest BCUT2D eigenvalue weighted by Gasteiger charge is -2.03. The molecule has 5 heteroatoms. The van der Waals surface area contributed by atoms with Crippen LogP contribution in [0.5, 0.6) is 11.5 Å². The first kappa shape index (κ1) is 15.2. The fourth-order valence-electron chi connectivity index (χ4n) is 2.15. The van der Waals surface area contributed by atoms with Gasteiger partial charge >= 0.3 is 0 Å². The summed E-state index contributed by atoms with van der Waals surface area (Å²) in [6.45, 7) is 1.99. The van der Waals surface area contributed by atoms with E-state index >= 15 is 0 Å². The third kappa shape index (κ3) is 3.57. The lowest BCUT2D eigenvalue weighted by atomic mass is 10.1. The highest BCUT2D eigenvalue weighted by Gasteiger charge is 2.03. The second kappa shape index (κ2) is 6.62. The number of nitrogens with zero attached hydrogens (tertiary/aromatic N) is 2. The number of ether oxygens (including phenoxy) is 1. The standard InChI is InChI=1S/C18H16N2O2S/c1-12-20-17(11-23-12)13-4-3-5-15(8-13)19-10-14-9-16(22-2)6-7-18(14)21/h3-11,21H,1-2H3. The predicted octanol–water partition coefficient (Wildman–Crippen LogP) is 4.58. The second-order valence-electron chi connectivity index (χ2n) is 4.99. The van der Waals surface area contributed by atoms with E-state index in [1.54, 1.807) is 42.9 Å². The summed E-state index contributed by atoms with van der Waals surface area (Å²) in [6, 6.07) is 12.9. The van der Waals surface area contributed by atoms with Crippen molar-refractivity contribution in [2.24, 2.45) is 4.99 Å². The number of aliphatic imine (C=N–C) groups is 1. The summed E-state index contributed by atoms with van der Waals surface area (Å²) in [6.07, 6.45) is 1.63. The van der Waals surface area contributed by atoms with E-state index in [9.17, 15) is 5.11 Å². The molecule has 0 saturated carbocycles. The van der Waals surface area contributed by atoms with E-state index in [4.69, 9.17) is 4.74 Å². The topological polar surface area (TPSA) is 54.7 Å². The summed E-state index contributed by atoms with van der Waals surface area (Å²) in [5, 5.41) is 13.0. The molecule has 3 aromatic rings. The van der Waals surface area contributed by atoms with Gasteiger partial charge in [-0.1, -0.05) is 12.1 Å². The van der Waals surface area contributed by atoms with Crippen molar-refractivity contribution in [3.63, 3.8) is 0 Å². The van der Waals surface area contributed by atoms with Crippen molar-refractivity contribution in [3.8, 4) is 22.8 Å². The highest BCUT2D eigenvalue weighted by molar-refractivity contribution is 7.09. The van der Waals surface area contributed by atoms with Crippen LogP contribution in [0.25, 0.3) is 11.3 Å². The molecule has 0 fully saturated rings. The predicted molar refractivity (Wildman–Crippen MR) is 94.2 cm³/mol. The minimum Gasteiger partial charge on any atom is -0.507 e. The van der Waals surface area contributed by atoms with Gasteiger partial charge in [0.2, 0.25) is 0 Å². The number of aromatic nitrogens is 1. The first-order valence-electron chi connectivity index (χ1n) is 7.09. The Morgan fingerprint density at radius 3 is 2.83 bits per heavy atom. The number of phenolic OH excluding ortho intramolecular Hbond substituents is 1. The Kier molecular flexibility index (Phi) is 4.39. The molecule has 2 aromatic carbocycles. The molecule has 0 spiro atoms. The molecule has 1 N–H and O–H groups in total. The summed E-state index contributed by atoms with van der Waals surface area (Å²) in [5.41, 5.74) is 3.39. The molecular weight excluding hydrogens is 308 g/mol. The minimum atomic E-state index is 0.167. The van der Waals surface area contributed by atoms with Gasteiger partial charge in [0.25, 0.3) is 0 Å². The lowest BCUT2D eigenvalue weighted by molar-refractivity contribution is 0.412. The molecule has 4 nitrogen and oxygen atoms in total. The van der Waals surface area contributed by atoms with Crippen molar-refractivity contribution in [2.45, 2.75) is 6.92 Å². The zero-order valence-corrected chi connectivity index (χ0v) is 13.7. The van der Waals surface area contributed by atoms with Crippen LogP contribution in [0.3, 0.4) is 0 Å². The Hall–Kier alpha value is -2.66. The highest BCUT2D eigenvalue weighted by atomic mass is 32.1. The maximum absolute atomic E-state index is 9.89. The molecule has 3 rings (SSSR count). The third-order valence-electron chi connectivity index (χ3n) is 3.35. The molecule has 0 aliphatic rings. The molecule has 0 aliphatic carbocycles. The van der Waals surface area contributed by atoms with E-state index in [0.29, 0.717) is 11.3 Å². The molecule has 0 amide bonds. The number of aromatic hydroxyl groups is 1. The highest BCUT2D eigenvalue weighted by Crippen LogP contribution is 2.26. The normalized spacial score (nSPS) is 11.0. The van der Waals surface area contributed by atoms with E-state index in [0.717, 1.165) is 22.0 Å². The summed E-state index contributed by atoms with van der Waals surface area (Å²) < 4.78 is 5.16. The van der Waals surface area contributed by atoms with Crippen molar-refractivity contribution in [3.05, 3.63) is 58.4 Å². The molecule has 0 radical (unpaired) electrons. The van der Waals surface area contributed by atoms with Gasteiger partial charge in [-0.3, -0.25) is 4.99 Å². The van der Waals surface area contributed by atoms with Crippen LogP contribution in [0.15, 0.2) is 52.8 Å². The van der Waals surface area contributed by atoms with Crippen molar-refractivity contribution in [1.29, 1.82) is 0 Å². The van der Waals surface area contributed by atoms with Gasteiger partial charge in [0.05, 0.1) is 23.5 Å². The Balaban J connectivity index is 1.88. The molecule has 0 unspecified atom stereocenters. The third-order valence-corrected chi connectivity index (χ3v) is 4.12. The molecule has 23 heavy (non-hydrogen) atoms. The fourth-order valence-corrected chi connectivity index (χ4v) is 2.77. The number of hydrogen-bond acceptors (Lipinski definition) is 5. The van der Waals surface area contributed by atoms with Gasteiger partial charge in [-0.15, -0.1) is 11.3 Å². The fraction of sp³-hybridized carbons (Fsp3) is 0.111. The number of thiazole rings is 1. The maximum atomic E-state index is 9.89. The van der Waals surface area contributed by atoms with Crippen LogP contribution in [0, 0.1) is 6.92 Å². The Morgan fingerprint density at radius 1 is 1.22 bits per heavy atom. The van der Waals surface area contributed by atoms with Gasteiger partial charge < -0.3 is 9.84 Å². The van der Waals surface area contributed by atoms with E-state index in [1.165, 1.54) is 0 Å². The van der Waals surface area contributed by atoms with Crippen molar-refractivity contribution in [1.82, 2.24) is 4.98 Å². The van der Waals surface area contributed by atoms with Crippen LogP contribution in [0.1, 0.15) is 10.6 Å². The average Bonchev–Trinajstić information content (AvgIpc) is 3.01. The first-order chi connectivity index (χ1) is 11.2. The number of benzene rings is 2. The Morgan fingerprint density at radius 2 is 2.09 bits per heavy atom. The summed E-state index contributed by atoms with van der Waals surface area (Å²) in [7, 11) is 1.59.